The molecule has 0 aromatic carbocycles. The van der Waals surface area contributed by atoms with Crippen molar-refractivity contribution in [2.75, 3.05) is 40.3 Å². The van der Waals surface area contributed by atoms with Crippen molar-refractivity contribution < 1.29 is 4.79 Å². The number of nitrogens with zero attached hydrogens (tertiary/aromatic N) is 3. The van der Waals surface area contributed by atoms with Crippen LogP contribution < -0.4 is 0 Å². The van der Waals surface area contributed by atoms with Crippen molar-refractivity contribution in [1.82, 2.24) is 14.7 Å². The molecule has 1 unspecified atom stereocenters. The van der Waals surface area contributed by atoms with Crippen molar-refractivity contribution in [3.63, 3.8) is 0 Å². The molecule has 18 heavy (non-hydrogen) atoms. The van der Waals surface area contributed by atoms with Gasteiger partial charge in [-0.05, 0) is 38.8 Å². The molecule has 100 valence electrons. The van der Waals surface area contributed by atoms with E-state index in [0.29, 0.717) is 0 Å². The van der Waals surface area contributed by atoms with Crippen molar-refractivity contribution in [3.05, 3.63) is 0 Å². The molecule has 2 heterocycles. The van der Waals surface area contributed by atoms with Gasteiger partial charge in [0.1, 0.15) is 0 Å². The fraction of sp³-hybridized carbons (Fsp3) is 0.786. The Morgan fingerprint density at radius 2 is 1.94 bits per heavy atom. The lowest BCUT2D eigenvalue weighted by atomic mass is 10.2. The van der Waals surface area contributed by atoms with Crippen LogP contribution in [0.25, 0.3) is 0 Å². The summed E-state index contributed by atoms with van der Waals surface area (Å²) in [4.78, 5) is 17.9. The van der Waals surface area contributed by atoms with Crippen molar-refractivity contribution in [2.24, 2.45) is 0 Å². The number of hydrogen-bond donors (Lipinski definition) is 0. The summed E-state index contributed by atoms with van der Waals surface area (Å²) in [5, 5.41) is 0. The summed E-state index contributed by atoms with van der Waals surface area (Å²) in [6.07, 6.45) is 4.70. The third-order valence-electron chi connectivity index (χ3n) is 3.65. The van der Waals surface area contributed by atoms with Crippen LogP contribution in [0, 0.1) is 11.8 Å². The maximum atomic E-state index is 11.9. The Bertz CT molecular complexity index is 350. The van der Waals surface area contributed by atoms with Crippen LogP contribution >= 0.6 is 0 Å². The van der Waals surface area contributed by atoms with Crippen LogP contribution in [0.1, 0.15) is 25.7 Å². The number of hydrogen-bond acceptors (Lipinski definition) is 2. The minimum absolute atomic E-state index is 0.0907. The quantitative estimate of drug-likeness (QED) is 0.654. The van der Waals surface area contributed by atoms with E-state index in [1.807, 2.05) is 4.90 Å². The normalized spacial score (nSPS) is 23.9. The van der Waals surface area contributed by atoms with Crippen molar-refractivity contribution in [3.8, 4) is 11.8 Å². The average molecular weight is 249 g/mol. The third-order valence-corrected chi connectivity index (χ3v) is 3.65. The summed E-state index contributed by atoms with van der Waals surface area (Å²) >= 11 is 0. The Hall–Kier alpha value is -1.21. The maximum absolute atomic E-state index is 11.9. The second-order valence-electron chi connectivity index (χ2n) is 5.33. The van der Waals surface area contributed by atoms with Gasteiger partial charge in [0.2, 0.25) is 0 Å². The standard InChI is InChI=1S/C14H23N3O/c1-15(2)14(18)17-12-6-8-13(17)7-5-11-16-9-3-4-10-16/h13H,3-4,6,8-12H2,1-2H3. The highest BCUT2D eigenvalue weighted by Gasteiger charge is 2.28. The Balaban J connectivity index is 1.87. The second-order valence-corrected chi connectivity index (χ2v) is 5.33. The highest BCUT2D eigenvalue weighted by molar-refractivity contribution is 5.75. The van der Waals surface area contributed by atoms with E-state index >= 15 is 0 Å². The van der Waals surface area contributed by atoms with E-state index in [2.05, 4.69) is 16.7 Å². The first kappa shape index (κ1) is 13.2. The Morgan fingerprint density at radius 1 is 1.22 bits per heavy atom. The number of carbonyl (C=O) groups is 1. The summed E-state index contributed by atoms with van der Waals surface area (Å²) in [5.41, 5.74) is 0. The smallest absolute Gasteiger partial charge is 0.320 e. The van der Waals surface area contributed by atoms with Crippen LogP contribution in [0.3, 0.4) is 0 Å². The fourth-order valence-corrected chi connectivity index (χ4v) is 2.62. The lowest BCUT2D eigenvalue weighted by molar-refractivity contribution is 0.174. The van der Waals surface area contributed by atoms with Crippen LogP contribution in [0.2, 0.25) is 0 Å². The van der Waals surface area contributed by atoms with E-state index in [0.717, 1.165) is 25.9 Å². The molecule has 0 aromatic heterocycles. The molecule has 2 amide bonds. The number of likely N-dealkylation sites (tertiary alicyclic amines) is 2. The van der Waals surface area contributed by atoms with Gasteiger partial charge in [0.25, 0.3) is 0 Å². The lowest BCUT2D eigenvalue weighted by Crippen LogP contribution is -2.41. The monoisotopic (exact) mass is 249 g/mol. The average Bonchev–Trinajstić information content (AvgIpc) is 2.98. The second kappa shape index (κ2) is 6.10. The first-order valence-electron chi connectivity index (χ1n) is 6.87. The van der Waals surface area contributed by atoms with E-state index in [4.69, 9.17) is 0 Å². The van der Waals surface area contributed by atoms with Gasteiger partial charge >= 0.3 is 6.03 Å². The molecular formula is C14H23N3O. The molecular weight excluding hydrogens is 226 g/mol. The molecule has 2 rings (SSSR count). The van der Waals surface area contributed by atoms with E-state index in [-0.39, 0.29) is 12.1 Å². The van der Waals surface area contributed by atoms with Crippen LogP contribution in [-0.4, -0.2) is 67.0 Å². The SMILES string of the molecule is CN(C)C(=O)N1CCCC1C#CCN1CCCC1. The zero-order valence-corrected chi connectivity index (χ0v) is 11.5. The van der Waals surface area contributed by atoms with Gasteiger partial charge in [-0.3, -0.25) is 4.90 Å². The van der Waals surface area contributed by atoms with Crippen LogP contribution in [0.15, 0.2) is 0 Å². The minimum atomic E-state index is 0.0907. The predicted molar refractivity (Wildman–Crippen MR) is 72.3 cm³/mol. The van der Waals surface area contributed by atoms with Crippen LogP contribution in [-0.2, 0) is 0 Å². The van der Waals surface area contributed by atoms with E-state index in [1.54, 1.807) is 19.0 Å². The Morgan fingerprint density at radius 3 is 2.61 bits per heavy atom. The first-order valence-corrected chi connectivity index (χ1v) is 6.87. The molecule has 2 aliphatic heterocycles. The Labute approximate surface area is 110 Å². The summed E-state index contributed by atoms with van der Waals surface area (Å²) < 4.78 is 0. The molecule has 2 saturated heterocycles. The van der Waals surface area contributed by atoms with Gasteiger partial charge in [-0.25, -0.2) is 4.79 Å². The van der Waals surface area contributed by atoms with Gasteiger partial charge in [0.15, 0.2) is 0 Å². The molecule has 1 atom stereocenters. The van der Waals surface area contributed by atoms with Crippen molar-refractivity contribution in [2.45, 2.75) is 31.7 Å². The lowest BCUT2D eigenvalue weighted by Gasteiger charge is -2.24. The van der Waals surface area contributed by atoms with Gasteiger partial charge in [-0.1, -0.05) is 11.8 Å². The fourth-order valence-electron chi connectivity index (χ4n) is 2.62. The van der Waals surface area contributed by atoms with Crippen LogP contribution in [0.4, 0.5) is 4.79 Å². The molecule has 0 bridgehead atoms. The molecule has 0 saturated carbocycles. The number of rotatable bonds is 1. The van der Waals surface area contributed by atoms with Crippen LogP contribution in [0.5, 0.6) is 0 Å². The molecule has 0 radical (unpaired) electrons. The zero-order chi connectivity index (χ0) is 13.0. The highest BCUT2D eigenvalue weighted by atomic mass is 16.2. The molecule has 4 nitrogen and oxygen atoms in total. The van der Waals surface area contributed by atoms with Gasteiger partial charge in [0.05, 0.1) is 12.6 Å². The largest absolute Gasteiger partial charge is 0.331 e. The number of amides is 2. The summed E-state index contributed by atoms with van der Waals surface area (Å²) in [6, 6.07) is 0.218. The first-order chi connectivity index (χ1) is 8.68. The number of carbonyl (C=O) groups excluding carboxylic acids is 1. The maximum Gasteiger partial charge on any atom is 0.320 e. The molecule has 2 fully saturated rings. The van der Waals surface area contributed by atoms with E-state index in [9.17, 15) is 4.79 Å². The van der Waals surface area contributed by atoms with Gasteiger partial charge in [0, 0.05) is 20.6 Å². The summed E-state index contributed by atoms with van der Waals surface area (Å²) in [7, 11) is 3.60. The summed E-state index contributed by atoms with van der Waals surface area (Å²) in [6.45, 7) is 4.07. The van der Waals surface area contributed by atoms with Crippen molar-refractivity contribution in [1.29, 1.82) is 0 Å². The van der Waals surface area contributed by atoms with Gasteiger partial charge in [-0.2, -0.15) is 0 Å². The van der Waals surface area contributed by atoms with E-state index in [1.165, 1.54) is 25.9 Å². The molecule has 2 aliphatic rings. The van der Waals surface area contributed by atoms with Gasteiger partial charge < -0.3 is 9.80 Å². The molecule has 0 aromatic rings. The topological polar surface area (TPSA) is 26.8 Å². The Kier molecular flexibility index (Phi) is 4.48. The highest BCUT2D eigenvalue weighted by Crippen LogP contribution is 2.17. The molecule has 0 aliphatic carbocycles. The number of urea groups is 1. The predicted octanol–water partition coefficient (Wildman–Crippen LogP) is 1.23. The van der Waals surface area contributed by atoms with E-state index < -0.39 is 0 Å². The zero-order valence-electron chi connectivity index (χ0n) is 11.5. The molecule has 0 spiro atoms. The molecule has 4 heteroatoms. The summed E-state index contributed by atoms with van der Waals surface area (Å²) in [5.74, 6) is 6.54. The third kappa shape index (κ3) is 3.17. The van der Waals surface area contributed by atoms with Gasteiger partial charge in [-0.15, -0.1) is 0 Å². The minimum Gasteiger partial charge on any atom is -0.331 e. The molecule has 0 N–H and O–H groups in total. The van der Waals surface area contributed by atoms with Crippen molar-refractivity contribution >= 4 is 6.03 Å².